The van der Waals surface area contributed by atoms with Crippen LogP contribution < -0.4 is 11.2 Å². The van der Waals surface area contributed by atoms with Gasteiger partial charge in [0.15, 0.2) is 5.43 Å². The van der Waals surface area contributed by atoms with Crippen molar-refractivity contribution in [2.45, 2.75) is 17.1 Å². The van der Waals surface area contributed by atoms with E-state index in [-0.39, 0.29) is 23.0 Å². The smallest absolute Gasteiger partial charge is 0.371 e. The zero-order valence-corrected chi connectivity index (χ0v) is 13.3. The van der Waals surface area contributed by atoms with Crippen LogP contribution in [0.15, 0.2) is 44.4 Å². The van der Waals surface area contributed by atoms with E-state index in [1.165, 1.54) is 0 Å². The highest BCUT2D eigenvalue weighted by molar-refractivity contribution is 7.99. The molecule has 1 atom stereocenters. The Morgan fingerprint density at radius 2 is 2.04 bits per heavy atom. The van der Waals surface area contributed by atoms with Crippen molar-refractivity contribution in [2.24, 2.45) is 5.73 Å². The first-order valence-corrected chi connectivity index (χ1v) is 7.85. The Bertz CT molecular complexity index is 769. The number of aliphatic hydroxyl groups excluding tert-OH is 1. The zero-order chi connectivity index (χ0) is 17.0. The van der Waals surface area contributed by atoms with Crippen LogP contribution in [0.3, 0.4) is 0 Å². The molecule has 0 aliphatic carbocycles. The van der Waals surface area contributed by atoms with E-state index in [0.717, 1.165) is 16.5 Å². The number of aliphatic hydroxyl groups is 1. The fraction of sp³-hybridized carbons (Fsp3) is 0.250. The lowest BCUT2D eigenvalue weighted by atomic mass is 10.0. The van der Waals surface area contributed by atoms with Gasteiger partial charge in [0.2, 0.25) is 5.76 Å². The second-order valence-corrected chi connectivity index (χ2v) is 6.17. The summed E-state index contributed by atoms with van der Waals surface area (Å²) in [5.74, 6) is -1.17. The van der Waals surface area contributed by atoms with Gasteiger partial charge in [0.25, 0.3) is 0 Å². The predicted molar refractivity (Wildman–Crippen MR) is 87.8 cm³/mol. The first-order valence-electron chi connectivity index (χ1n) is 6.98. The Balaban J connectivity index is 0.000000433. The molecule has 23 heavy (non-hydrogen) atoms. The van der Waals surface area contributed by atoms with Gasteiger partial charge in [-0.2, -0.15) is 0 Å². The maximum atomic E-state index is 12.1. The largest absolute Gasteiger partial charge is 0.475 e. The molecule has 0 spiro atoms. The molecule has 4 N–H and O–H groups in total. The van der Waals surface area contributed by atoms with Gasteiger partial charge in [-0.1, -0.05) is 18.2 Å². The summed E-state index contributed by atoms with van der Waals surface area (Å²) in [7, 11) is 0. The van der Waals surface area contributed by atoms with Crippen LogP contribution in [0.5, 0.6) is 0 Å². The van der Waals surface area contributed by atoms with Crippen LogP contribution in [0.25, 0.3) is 11.3 Å². The van der Waals surface area contributed by atoms with Crippen LogP contribution in [0, 0.1) is 0 Å². The minimum absolute atomic E-state index is 0.0519. The van der Waals surface area contributed by atoms with Gasteiger partial charge in [0.05, 0.1) is 12.2 Å². The van der Waals surface area contributed by atoms with Crippen LogP contribution in [0.4, 0.5) is 0 Å². The van der Waals surface area contributed by atoms with Gasteiger partial charge in [-0.25, -0.2) is 4.79 Å². The normalized spacial score (nSPS) is 15.0. The molecule has 7 heteroatoms. The summed E-state index contributed by atoms with van der Waals surface area (Å²) >= 11 is 1.58. The third-order valence-electron chi connectivity index (χ3n) is 3.17. The number of fused-ring (bicyclic) bond motifs is 3. The number of carboxylic acid groups (broad SMARTS) is 1. The van der Waals surface area contributed by atoms with Crippen LogP contribution in [0.1, 0.15) is 28.3 Å². The molecule has 0 bridgehead atoms. The number of benzene rings is 1. The average Bonchev–Trinajstić information content (AvgIpc) is 2.54. The van der Waals surface area contributed by atoms with Crippen LogP contribution >= 0.6 is 11.8 Å². The van der Waals surface area contributed by atoms with E-state index in [1.807, 2.05) is 31.2 Å². The molecule has 1 aromatic heterocycles. The number of rotatable bonds is 2. The summed E-state index contributed by atoms with van der Waals surface area (Å²) in [5, 5.41) is 16.7. The third-order valence-corrected chi connectivity index (χ3v) is 4.37. The van der Waals surface area contributed by atoms with E-state index >= 15 is 0 Å². The fourth-order valence-electron chi connectivity index (χ4n) is 2.20. The minimum atomic E-state index is -1.23. The highest BCUT2D eigenvalue weighted by Crippen LogP contribution is 2.47. The Kier molecular flexibility index (Phi) is 5.59. The number of carbonyl (C=O) groups is 1. The second kappa shape index (κ2) is 7.45. The number of aromatic carboxylic acids is 1. The monoisotopic (exact) mass is 335 g/mol. The van der Waals surface area contributed by atoms with Gasteiger partial charge >= 0.3 is 5.97 Å². The van der Waals surface area contributed by atoms with Crippen molar-refractivity contribution in [3.8, 4) is 11.3 Å². The van der Waals surface area contributed by atoms with Crippen molar-refractivity contribution in [1.29, 1.82) is 0 Å². The van der Waals surface area contributed by atoms with Gasteiger partial charge in [-0.3, -0.25) is 4.79 Å². The van der Waals surface area contributed by atoms with Crippen molar-refractivity contribution in [1.82, 2.24) is 0 Å². The van der Waals surface area contributed by atoms with Crippen molar-refractivity contribution in [3.05, 3.63) is 51.9 Å². The van der Waals surface area contributed by atoms with Crippen molar-refractivity contribution in [2.75, 3.05) is 13.2 Å². The van der Waals surface area contributed by atoms with Crippen LogP contribution in [0.2, 0.25) is 0 Å². The number of thioether (sulfide) groups is 1. The van der Waals surface area contributed by atoms with Crippen LogP contribution in [-0.4, -0.2) is 29.3 Å². The summed E-state index contributed by atoms with van der Waals surface area (Å²) < 4.78 is 5.43. The Labute approximate surface area is 136 Å². The second-order valence-electron chi connectivity index (χ2n) is 4.79. The number of hydrogen-bond acceptors (Lipinski definition) is 6. The molecule has 2 aromatic rings. The minimum Gasteiger partial charge on any atom is -0.475 e. The molecule has 2 heterocycles. The first-order chi connectivity index (χ1) is 11.0. The zero-order valence-electron chi connectivity index (χ0n) is 12.5. The van der Waals surface area contributed by atoms with Crippen molar-refractivity contribution in [3.63, 3.8) is 0 Å². The molecule has 3 rings (SSSR count). The highest BCUT2D eigenvalue weighted by Gasteiger charge is 2.28. The van der Waals surface area contributed by atoms with Gasteiger partial charge in [-0.15, -0.1) is 11.8 Å². The molecule has 6 nitrogen and oxygen atoms in total. The molecule has 1 aromatic carbocycles. The average molecular weight is 335 g/mol. The van der Waals surface area contributed by atoms with Gasteiger partial charge < -0.3 is 20.4 Å². The summed E-state index contributed by atoms with van der Waals surface area (Å²) in [6, 6.07) is 8.57. The van der Waals surface area contributed by atoms with Crippen molar-refractivity contribution < 1.29 is 19.4 Å². The summed E-state index contributed by atoms with van der Waals surface area (Å²) in [4.78, 5) is 24.1. The standard InChI is InChI=1S/C14H10O4S.C2H7NO/c1-7-12-9(15)6-10(14(16)17)18-13(12)8-4-2-3-5-11(8)19-7;3-1-2-4/h2-7H,1H3,(H,16,17);4H,1-3H2. The summed E-state index contributed by atoms with van der Waals surface area (Å²) in [6.07, 6.45) is 0. The third kappa shape index (κ3) is 3.64. The Morgan fingerprint density at radius 3 is 2.65 bits per heavy atom. The quantitative estimate of drug-likeness (QED) is 0.770. The molecule has 0 amide bonds. The lowest BCUT2D eigenvalue weighted by molar-refractivity contribution is 0.0660. The SMILES string of the molecule is CC1Sc2ccccc2-c2oc(C(=O)O)cc(=O)c21.NCCO. The molecule has 1 aliphatic heterocycles. The van der Waals surface area contributed by atoms with Gasteiger partial charge in [-0.05, 0) is 13.0 Å². The lowest BCUT2D eigenvalue weighted by Gasteiger charge is -2.22. The molecule has 0 saturated carbocycles. The molecule has 122 valence electrons. The molecule has 0 saturated heterocycles. The highest BCUT2D eigenvalue weighted by atomic mass is 32.2. The lowest BCUT2D eigenvalue weighted by Crippen LogP contribution is -2.16. The fourth-order valence-corrected chi connectivity index (χ4v) is 3.37. The van der Waals surface area contributed by atoms with Crippen LogP contribution in [-0.2, 0) is 0 Å². The van der Waals surface area contributed by atoms with E-state index < -0.39 is 5.97 Å². The molecular weight excluding hydrogens is 318 g/mol. The molecular formula is C16H17NO5S. The predicted octanol–water partition coefficient (Wildman–Crippen LogP) is 2.11. The van der Waals surface area contributed by atoms with E-state index in [2.05, 4.69) is 0 Å². The number of nitrogens with two attached hydrogens (primary N) is 1. The van der Waals surface area contributed by atoms with Gasteiger partial charge in [0.1, 0.15) is 5.76 Å². The Morgan fingerprint density at radius 1 is 1.39 bits per heavy atom. The molecule has 0 fully saturated rings. The van der Waals surface area contributed by atoms with Crippen molar-refractivity contribution >= 4 is 17.7 Å². The van der Waals surface area contributed by atoms with Gasteiger partial charge in [0, 0.05) is 28.3 Å². The summed E-state index contributed by atoms with van der Waals surface area (Å²) in [5.41, 5.74) is 5.81. The topological polar surface area (TPSA) is 114 Å². The van der Waals surface area contributed by atoms with E-state index in [4.69, 9.17) is 20.4 Å². The van der Waals surface area contributed by atoms with E-state index in [0.29, 0.717) is 17.9 Å². The van der Waals surface area contributed by atoms with E-state index in [9.17, 15) is 9.59 Å². The number of carboxylic acids is 1. The maximum absolute atomic E-state index is 12.1. The Hall–Kier alpha value is -2.09. The molecule has 1 aliphatic rings. The van der Waals surface area contributed by atoms with E-state index in [1.54, 1.807) is 11.8 Å². The first kappa shape index (κ1) is 17.3. The number of hydrogen-bond donors (Lipinski definition) is 3. The maximum Gasteiger partial charge on any atom is 0.371 e. The molecule has 0 radical (unpaired) electrons. The summed E-state index contributed by atoms with van der Waals surface area (Å²) in [6.45, 7) is 2.39. The molecule has 1 unspecified atom stereocenters.